The van der Waals surface area contributed by atoms with E-state index in [1.165, 1.54) is 19.2 Å². The van der Waals surface area contributed by atoms with Gasteiger partial charge in [-0.2, -0.15) is 9.78 Å². The molecule has 0 saturated heterocycles. The lowest BCUT2D eigenvalue weighted by Gasteiger charge is -2.10. The molecule has 0 amide bonds. The number of benzene rings is 1. The van der Waals surface area contributed by atoms with E-state index in [2.05, 4.69) is 5.10 Å². The number of hydrogen-bond acceptors (Lipinski definition) is 4. The first-order chi connectivity index (χ1) is 9.04. The molecule has 2 rings (SSSR count). The summed E-state index contributed by atoms with van der Waals surface area (Å²) >= 11 is 0. The summed E-state index contributed by atoms with van der Waals surface area (Å²) in [6, 6.07) is 6.03. The van der Waals surface area contributed by atoms with Crippen LogP contribution in [-0.4, -0.2) is 28.0 Å². The highest BCUT2D eigenvalue weighted by Gasteiger charge is 2.16. The molecule has 0 unspecified atom stereocenters. The number of ether oxygens (including phenoxy) is 1. The standard InChI is InChI=1S/C12H9FN2O4/c1-19-9-4-2-3-7(13)11(9)15-10(16)6-5-8(14-15)12(17)18/h2-6H,1H3,(H,17,18). The van der Waals surface area contributed by atoms with Crippen LogP contribution in [0.15, 0.2) is 35.1 Å². The van der Waals surface area contributed by atoms with Crippen LogP contribution >= 0.6 is 0 Å². The molecule has 1 heterocycles. The van der Waals surface area contributed by atoms with Crippen molar-refractivity contribution in [1.82, 2.24) is 9.78 Å². The van der Waals surface area contributed by atoms with Gasteiger partial charge in [-0.15, -0.1) is 0 Å². The molecule has 0 bridgehead atoms. The maximum Gasteiger partial charge on any atom is 0.356 e. The van der Waals surface area contributed by atoms with E-state index in [0.717, 1.165) is 18.2 Å². The zero-order valence-corrected chi connectivity index (χ0v) is 9.83. The maximum absolute atomic E-state index is 13.8. The average molecular weight is 264 g/mol. The zero-order chi connectivity index (χ0) is 14.0. The van der Waals surface area contributed by atoms with Crippen molar-refractivity contribution in [1.29, 1.82) is 0 Å². The van der Waals surface area contributed by atoms with Crippen molar-refractivity contribution < 1.29 is 19.0 Å². The van der Waals surface area contributed by atoms with Crippen molar-refractivity contribution >= 4 is 5.97 Å². The van der Waals surface area contributed by atoms with Gasteiger partial charge < -0.3 is 9.84 Å². The van der Waals surface area contributed by atoms with Crippen molar-refractivity contribution in [2.75, 3.05) is 7.11 Å². The Hall–Kier alpha value is -2.70. The fourth-order valence-electron chi connectivity index (χ4n) is 1.55. The van der Waals surface area contributed by atoms with E-state index in [4.69, 9.17) is 9.84 Å². The molecule has 1 aromatic carbocycles. The van der Waals surface area contributed by atoms with Crippen LogP contribution in [0.5, 0.6) is 5.75 Å². The maximum atomic E-state index is 13.8. The third-order valence-corrected chi connectivity index (χ3v) is 2.40. The van der Waals surface area contributed by atoms with Crippen molar-refractivity contribution in [3.05, 3.63) is 52.2 Å². The third-order valence-electron chi connectivity index (χ3n) is 2.40. The lowest BCUT2D eigenvalue weighted by Crippen LogP contribution is -2.24. The number of rotatable bonds is 3. The molecule has 0 fully saturated rings. The monoisotopic (exact) mass is 264 g/mol. The van der Waals surface area contributed by atoms with E-state index in [1.807, 2.05) is 0 Å². The van der Waals surface area contributed by atoms with Crippen molar-refractivity contribution in [3.63, 3.8) is 0 Å². The third kappa shape index (κ3) is 2.30. The van der Waals surface area contributed by atoms with Crippen LogP contribution in [0.2, 0.25) is 0 Å². The van der Waals surface area contributed by atoms with Gasteiger partial charge in [0.05, 0.1) is 7.11 Å². The molecule has 6 nitrogen and oxygen atoms in total. The molecule has 0 aliphatic heterocycles. The highest BCUT2D eigenvalue weighted by atomic mass is 19.1. The van der Waals surface area contributed by atoms with E-state index in [-0.39, 0.29) is 17.1 Å². The normalized spacial score (nSPS) is 10.2. The average Bonchev–Trinajstić information content (AvgIpc) is 2.39. The Kier molecular flexibility index (Phi) is 3.28. The minimum atomic E-state index is -1.32. The number of carbonyl (C=O) groups is 1. The summed E-state index contributed by atoms with van der Waals surface area (Å²) in [4.78, 5) is 22.5. The number of halogens is 1. The minimum absolute atomic E-state index is 0.0807. The minimum Gasteiger partial charge on any atom is -0.494 e. The highest BCUT2D eigenvalue weighted by molar-refractivity contribution is 5.84. The van der Waals surface area contributed by atoms with E-state index < -0.39 is 17.3 Å². The van der Waals surface area contributed by atoms with Crippen LogP contribution in [0, 0.1) is 5.82 Å². The van der Waals surface area contributed by atoms with Gasteiger partial charge in [0.25, 0.3) is 5.56 Å². The molecule has 7 heteroatoms. The van der Waals surface area contributed by atoms with Gasteiger partial charge in [-0.3, -0.25) is 4.79 Å². The van der Waals surface area contributed by atoms with Crippen molar-refractivity contribution in [2.24, 2.45) is 0 Å². The molecule has 0 radical (unpaired) electrons. The first-order valence-corrected chi connectivity index (χ1v) is 5.21. The summed E-state index contributed by atoms with van der Waals surface area (Å²) in [5, 5.41) is 12.4. The Labute approximate surface area is 106 Å². The van der Waals surface area contributed by atoms with Crippen LogP contribution in [0.3, 0.4) is 0 Å². The number of hydrogen-bond donors (Lipinski definition) is 1. The molecule has 2 aromatic rings. The summed E-state index contributed by atoms with van der Waals surface area (Å²) in [5.41, 5.74) is -1.25. The first kappa shape index (κ1) is 12.7. The van der Waals surface area contributed by atoms with Crippen molar-refractivity contribution in [3.8, 4) is 11.4 Å². The van der Waals surface area contributed by atoms with Crippen LogP contribution in [0.25, 0.3) is 5.69 Å². The van der Waals surface area contributed by atoms with Gasteiger partial charge >= 0.3 is 5.97 Å². The predicted molar refractivity (Wildman–Crippen MR) is 63.3 cm³/mol. The Bertz CT molecular complexity index is 696. The summed E-state index contributed by atoms with van der Waals surface area (Å²) in [7, 11) is 1.31. The summed E-state index contributed by atoms with van der Waals surface area (Å²) in [6.07, 6.45) is 0. The Balaban J connectivity index is 2.75. The highest BCUT2D eigenvalue weighted by Crippen LogP contribution is 2.23. The fourth-order valence-corrected chi connectivity index (χ4v) is 1.55. The van der Waals surface area contributed by atoms with Gasteiger partial charge in [-0.25, -0.2) is 9.18 Å². The Morgan fingerprint density at radius 2 is 2.11 bits per heavy atom. The fraction of sp³-hybridized carbons (Fsp3) is 0.0833. The van der Waals surface area contributed by atoms with Crippen LogP contribution in [-0.2, 0) is 0 Å². The Morgan fingerprint density at radius 1 is 1.37 bits per heavy atom. The smallest absolute Gasteiger partial charge is 0.356 e. The number of carboxylic acids is 1. The van der Waals surface area contributed by atoms with Crippen LogP contribution in [0.4, 0.5) is 4.39 Å². The molecule has 98 valence electrons. The van der Waals surface area contributed by atoms with Gasteiger partial charge in [-0.05, 0) is 18.2 Å². The molecule has 19 heavy (non-hydrogen) atoms. The number of aromatic nitrogens is 2. The number of carboxylic acid groups (broad SMARTS) is 1. The van der Waals surface area contributed by atoms with Gasteiger partial charge in [0.15, 0.2) is 11.5 Å². The molecule has 1 aromatic heterocycles. The number of aromatic carboxylic acids is 1. The quantitative estimate of drug-likeness (QED) is 0.897. The molecule has 0 atom stereocenters. The molecular weight excluding hydrogens is 255 g/mol. The summed E-state index contributed by atoms with van der Waals surface area (Å²) < 4.78 is 19.4. The molecule has 1 N–H and O–H groups in total. The number of methoxy groups -OCH3 is 1. The molecule has 0 saturated carbocycles. The first-order valence-electron chi connectivity index (χ1n) is 5.21. The Morgan fingerprint density at radius 3 is 2.74 bits per heavy atom. The van der Waals surface area contributed by atoms with E-state index in [1.54, 1.807) is 0 Å². The van der Waals surface area contributed by atoms with E-state index in [0.29, 0.717) is 4.68 Å². The second-order valence-electron chi connectivity index (χ2n) is 3.56. The summed E-state index contributed by atoms with van der Waals surface area (Å²) in [5.74, 6) is -1.97. The van der Waals surface area contributed by atoms with Crippen molar-refractivity contribution in [2.45, 2.75) is 0 Å². The van der Waals surface area contributed by atoms with Crippen LogP contribution in [0.1, 0.15) is 10.5 Å². The SMILES string of the molecule is COc1cccc(F)c1-n1nc(C(=O)O)ccc1=O. The second-order valence-corrected chi connectivity index (χ2v) is 3.56. The molecular formula is C12H9FN2O4. The van der Waals surface area contributed by atoms with Gasteiger partial charge in [0.2, 0.25) is 0 Å². The number of para-hydroxylation sites is 1. The molecule has 0 aliphatic rings. The largest absolute Gasteiger partial charge is 0.494 e. The molecule has 0 spiro atoms. The topological polar surface area (TPSA) is 81.4 Å². The van der Waals surface area contributed by atoms with E-state index in [9.17, 15) is 14.0 Å². The lowest BCUT2D eigenvalue weighted by atomic mass is 10.2. The van der Waals surface area contributed by atoms with Crippen LogP contribution < -0.4 is 10.3 Å². The lowest BCUT2D eigenvalue weighted by molar-refractivity contribution is 0.0688. The van der Waals surface area contributed by atoms with Gasteiger partial charge in [-0.1, -0.05) is 6.07 Å². The summed E-state index contributed by atoms with van der Waals surface area (Å²) in [6.45, 7) is 0. The number of nitrogens with zero attached hydrogens (tertiary/aromatic N) is 2. The van der Waals surface area contributed by atoms with E-state index >= 15 is 0 Å². The second kappa shape index (κ2) is 4.89. The molecule has 0 aliphatic carbocycles. The van der Waals surface area contributed by atoms with Gasteiger partial charge in [0.1, 0.15) is 11.4 Å². The predicted octanol–water partition coefficient (Wildman–Crippen LogP) is 1.08. The zero-order valence-electron chi connectivity index (χ0n) is 9.83. The van der Waals surface area contributed by atoms with Gasteiger partial charge in [0, 0.05) is 6.07 Å².